The van der Waals surface area contributed by atoms with Gasteiger partial charge in [0.2, 0.25) is 0 Å². The van der Waals surface area contributed by atoms with Crippen LogP contribution in [0.5, 0.6) is 0 Å². The molecule has 1 aromatic rings. The Morgan fingerprint density at radius 3 is 2.89 bits per heavy atom. The van der Waals surface area contributed by atoms with Crippen molar-refractivity contribution in [3.05, 3.63) is 29.6 Å². The Balaban J connectivity index is 1.96. The van der Waals surface area contributed by atoms with Crippen LogP contribution in [0.4, 0.5) is 10.1 Å². The van der Waals surface area contributed by atoms with Crippen LogP contribution >= 0.6 is 0 Å². The first-order chi connectivity index (χ1) is 8.81. The number of anilines is 1. The average molecular weight is 244 g/mol. The number of nitriles is 1. The van der Waals surface area contributed by atoms with Crippen molar-refractivity contribution in [2.45, 2.75) is 38.1 Å². The van der Waals surface area contributed by atoms with Gasteiger partial charge in [-0.3, -0.25) is 0 Å². The summed E-state index contributed by atoms with van der Waals surface area (Å²) in [6.45, 7) is 0.966. The van der Waals surface area contributed by atoms with E-state index in [1.165, 1.54) is 38.2 Å². The molecule has 2 atom stereocenters. The molecule has 1 saturated carbocycles. The Morgan fingerprint density at radius 1 is 1.22 bits per heavy atom. The third-order valence-corrected chi connectivity index (χ3v) is 4.42. The SMILES string of the molecule is N#Cc1c(F)cccc1N1CCC2CCCCC21. The van der Waals surface area contributed by atoms with Gasteiger partial charge in [-0.15, -0.1) is 0 Å². The van der Waals surface area contributed by atoms with E-state index in [4.69, 9.17) is 5.26 Å². The van der Waals surface area contributed by atoms with Gasteiger partial charge in [-0.25, -0.2) is 4.39 Å². The van der Waals surface area contributed by atoms with Gasteiger partial charge in [0, 0.05) is 12.6 Å². The van der Waals surface area contributed by atoms with Crippen molar-refractivity contribution in [1.29, 1.82) is 5.26 Å². The van der Waals surface area contributed by atoms with Gasteiger partial charge in [-0.05, 0) is 37.3 Å². The van der Waals surface area contributed by atoms with E-state index in [0.717, 1.165) is 18.2 Å². The van der Waals surface area contributed by atoms with Crippen molar-refractivity contribution in [2.75, 3.05) is 11.4 Å². The Labute approximate surface area is 107 Å². The highest BCUT2D eigenvalue weighted by Crippen LogP contribution is 2.40. The minimum Gasteiger partial charge on any atom is -0.367 e. The standard InChI is InChI=1S/C15H17FN2/c16-13-5-3-7-15(12(13)10-17)18-9-8-11-4-1-2-6-14(11)18/h3,5,7,11,14H,1-2,4,6,8-9H2. The molecule has 0 spiro atoms. The van der Waals surface area contributed by atoms with E-state index in [-0.39, 0.29) is 5.56 Å². The molecule has 94 valence electrons. The highest BCUT2D eigenvalue weighted by Gasteiger charge is 2.36. The normalized spacial score (nSPS) is 26.8. The predicted molar refractivity (Wildman–Crippen MR) is 68.8 cm³/mol. The third kappa shape index (κ3) is 1.77. The predicted octanol–water partition coefficient (Wildman–Crippen LogP) is 3.47. The van der Waals surface area contributed by atoms with Crippen LogP contribution in [0.15, 0.2) is 18.2 Å². The number of fused-ring (bicyclic) bond motifs is 1. The molecular weight excluding hydrogens is 227 g/mol. The van der Waals surface area contributed by atoms with Crippen molar-refractivity contribution in [3.8, 4) is 6.07 Å². The van der Waals surface area contributed by atoms with E-state index in [2.05, 4.69) is 4.90 Å². The Bertz CT molecular complexity index is 492. The molecule has 2 unspecified atom stereocenters. The van der Waals surface area contributed by atoms with E-state index in [0.29, 0.717) is 6.04 Å². The highest BCUT2D eigenvalue weighted by atomic mass is 19.1. The molecule has 2 nitrogen and oxygen atoms in total. The van der Waals surface area contributed by atoms with Crippen LogP contribution in [0.25, 0.3) is 0 Å². The Morgan fingerprint density at radius 2 is 2.06 bits per heavy atom. The highest BCUT2D eigenvalue weighted by molar-refractivity contribution is 5.61. The van der Waals surface area contributed by atoms with Crippen molar-refractivity contribution in [3.63, 3.8) is 0 Å². The zero-order valence-corrected chi connectivity index (χ0v) is 10.4. The average Bonchev–Trinajstić information content (AvgIpc) is 2.82. The van der Waals surface area contributed by atoms with Crippen LogP contribution in [0, 0.1) is 23.1 Å². The van der Waals surface area contributed by atoms with E-state index in [9.17, 15) is 4.39 Å². The molecule has 1 aliphatic carbocycles. The second-order valence-electron chi connectivity index (χ2n) is 5.34. The maximum atomic E-state index is 13.7. The lowest BCUT2D eigenvalue weighted by Gasteiger charge is -2.33. The molecule has 0 aromatic heterocycles. The molecule has 0 bridgehead atoms. The lowest BCUT2D eigenvalue weighted by atomic mass is 9.85. The van der Waals surface area contributed by atoms with Crippen molar-refractivity contribution >= 4 is 5.69 Å². The molecule has 3 heteroatoms. The van der Waals surface area contributed by atoms with Crippen LogP contribution in [0.2, 0.25) is 0 Å². The summed E-state index contributed by atoms with van der Waals surface area (Å²) in [4.78, 5) is 2.27. The fourth-order valence-electron chi connectivity index (χ4n) is 3.57. The fraction of sp³-hybridized carbons (Fsp3) is 0.533. The summed E-state index contributed by atoms with van der Waals surface area (Å²) < 4.78 is 13.7. The fourth-order valence-corrected chi connectivity index (χ4v) is 3.57. The third-order valence-electron chi connectivity index (χ3n) is 4.42. The Kier molecular flexibility index (Phi) is 2.95. The van der Waals surface area contributed by atoms with Gasteiger partial charge in [0.05, 0.1) is 5.69 Å². The summed E-state index contributed by atoms with van der Waals surface area (Å²) in [7, 11) is 0. The van der Waals surface area contributed by atoms with Crippen molar-refractivity contribution < 1.29 is 4.39 Å². The monoisotopic (exact) mass is 244 g/mol. The molecule has 3 rings (SSSR count). The maximum absolute atomic E-state index is 13.7. The maximum Gasteiger partial charge on any atom is 0.143 e. The van der Waals surface area contributed by atoms with E-state index < -0.39 is 5.82 Å². The zero-order valence-electron chi connectivity index (χ0n) is 10.4. The summed E-state index contributed by atoms with van der Waals surface area (Å²) in [6.07, 6.45) is 6.24. The van der Waals surface area contributed by atoms with Crippen LogP contribution < -0.4 is 4.90 Å². The largest absolute Gasteiger partial charge is 0.367 e. The molecule has 1 heterocycles. The minimum absolute atomic E-state index is 0.212. The zero-order chi connectivity index (χ0) is 12.5. The number of rotatable bonds is 1. The summed E-state index contributed by atoms with van der Waals surface area (Å²) >= 11 is 0. The first-order valence-corrected chi connectivity index (χ1v) is 6.76. The molecule has 18 heavy (non-hydrogen) atoms. The van der Waals surface area contributed by atoms with Gasteiger partial charge in [0.25, 0.3) is 0 Å². The first kappa shape index (κ1) is 11.5. The molecule has 1 aliphatic heterocycles. The summed E-state index contributed by atoms with van der Waals surface area (Å²) in [6, 6.07) is 7.51. The first-order valence-electron chi connectivity index (χ1n) is 6.76. The topological polar surface area (TPSA) is 27.0 Å². The summed E-state index contributed by atoms with van der Waals surface area (Å²) in [5.74, 6) is 0.350. The van der Waals surface area contributed by atoms with Gasteiger partial charge >= 0.3 is 0 Å². The quantitative estimate of drug-likeness (QED) is 0.756. The van der Waals surface area contributed by atoms with Gasteiger partial charge in [-0.1, -0.05) is 18.9 Å². The van der Waals surface area contributed by atoms with Crippen molar-refractivity contribution in [2.24, 2.45) is 5.92 Å². The summed E-state index contributed by atoms with van der Waals surface area (Å²) in [5, 5.41) is 9.14. The lowest BCUT2D eigenvalue weighted by Crippen LogP contribution is -2.35. The van der Waals surface area contributed by atoms with Crippen molar-refractivity contribution in [1.82, 2.24) is 0 Å². The number of benzene rings is 1. The number of nitrogens with zero attached hydrogens (tertiary/aromatic N) is 2. The van der Waals surface area contributed by atoms with Crippen LogP contribution in [0.1, 0.15) is 37.7 Å². The minimum atomic E-state index is -0.394. The molecule has 2 aliphatic rings. The molecule has 2 fully saturated rings. The van der Waals surface area contributed by atoms with E-state index in [1.54, 1.807) is 6.07 Å². The molecule has 0 N–H and O–H groups in total. The van der Waals surface area contributed by atoms with Gasteiger partial charge < -0.3 is 4.90 Å². The molecule has 0 radical (unpaired) electrons. The van der Waals surface area contributed by atoms with E-state index >= 15 is 0 Å². The van der Waals surface area contributed by atoms with Crippen LogP contribution in [-0.4, -0.2) is 12.6 Å². The van der Waals surface area contributed by atoms with Crippen LogP contribution in [-0.2, 0) is 0 Å². The number of hydrogen-bond donors (Lipinski definition) is 0. The second-order valence-corrected chi connectivity index (χ2v) is 5.34. The molecule has 1 saturated heterocycles. The molecule has 1 aromatic carbocycles. The van der Waals surface area contributed by atoms with Gasteiger partial charge in [0.15, 0.2) is 0 Å². The van der Waals surface area contributed by atoms with Gasteiger partial charge in [-0.2, -0.15) is 5.26 Å². The number of halogens is 1. The number of hydrogen-bond acceptors (Lipinski definition) is 2. The second kappa shape index (κ2) is 4.61. The molecule has 0 amide bonds. The lowest BCUT2D eigenvalue weighted by molar-refractivity contribution is 0.342. The summed E-state index contributed by atoms with van der Waals surface area (Å²) in [5.41, 5.74) is 1.01. The van der Waals surface area contributed by atoms with Crippen LogP contribution in [0.3, 0.4) is 0 Å². The van der Waals surface area contributed by atoms with Gasteiger partial charge in [0.1, 0.15) is 17.4 Å². The molecular formula is C15H17FN2. The smallest absolute Gasteiger partial charge is 0.143 e. The Hall–Kier alpha value is -1.56. The van der Waals surface area contributed by atoms with E-state index in [1.807, 2.05) is 12.1 Å².